The van der Waals surface area contributed by atoms with E-state index in [-0.39, 0.29) is 0 Å². The monoisotopic (exact) mass is 233 g/mol. The van der Waals surface area contributed by atoms with E-state index in [9.17, 15) is 0 Å². The second-order valence-electron chi connectivity index (χ2n) is 5.54. The van der Waals surface area contributed by atoms with E-state index >= 15 is 0 Å². The van der Waals surface area contributed by atoms with Crippen LogP contribution in [0.1, 0.15) is 38.8 Å². The van der Waals surface area contributed by atoms with Gasteiger partial charge in [0, 0.05) is 11.7 Å². The first kappa shape index (κ1) is 12.2. The molecular formula is C14H23N3. The van der Waals surface area contributed by atoms with E-state index in [2.05, 4.69) is 24.1 Å². The first-order valence-electron chi connectivity index (χ1n) is 6.56. The van der Waals surface area contributed by atoms with Crippen LogP contribution in [0.25, 0.3) is 0 Å². The number of nitrogen functional groups attached to an aromatic ring is 1. The molecule has 3 nitrogen and oxygen atoms in total. The van der Waals surface area contributed by atoms with Crippen molar-refractivity contribution in [2.24, 2.45) is 11.8 Å². The number of hydrogen-bond acceptors (Lipinski definition) is 3. The topological polar surface area (TPSA) is 50.9 Å². The van der Waals surface area contributed by atoms with Crippen LogP contribution in [0.2, 0.25) is 0 Å². The normalized spacial score (nSPS) is 29.0. The third-order valence-corrected chi connectivity index (χ3v) is 3.82. The van der Waals surface area contributed by atoms with Crippen molar-refractivity contribution in [3.8, 4) is 0 Å². The van der Waals surface area contributed by atoms with Crippen LogP contribution in [-0.4, -0.2) is 11.0 Å². The van der Waals surface area contributed by atoms with Crippen LogP contribution in [0.5, 0.6) is 0 Å². The van der Waals surface area contributed by atoms with Gasteiger partial charge in [0.15, 0.2) is 0 Å². The zero-order valence-corrected chi connectivity index (χ0v) is 11.0. The van der Waals surface area contributed by atoms with Crippen molar-refractivity contribution in [3.63, 3.8) is 0 Å². The lowest BCUT2D eigenvalue weighted by Gasteiger charge is -2.33. The second-order valence-corrected chi connectivity index (χ2v) is 5.54. The van der Waals surface area contributed by atoms with E-state index in [0.29, 0.717) is 12.0 Å². The summed E-state index contributed by atoms with van der Waals surface area (Å²) in [5, 5.41) is 3.52. The maximum absolute atomic E-state index is 5.95. The van der Waals surface area contributed by atoms with Crippen LogP contribution < -0.4 is 11.1 Å². The van der Waals surface area contributed by atoms with E-state index in [4.69, 9.17) is 5.73 Å². The van der Waals surface area contributed by atoms with Crippen LogP contribution in [0.15, 0.2) is 12.1 Å². The summed E-state index contributed by atoms with van der Waals surface area (Å²) < 4.78 is 0. The quantitative estimate of drug-likeness (QED) is 0.824. The number of nitrogens with zero attached hydrogens (tertiary/aromatic N) is 1. The van der Waals surface area contributed by atoms with Crippen LogP contribution >= 0.6 is 0 Å². The largest absolute Gasteiger partial charge is 0.396 e. The highest BCUT2D eigenvalue weighted by Gasteiger charge is 2.25. The smallest absolute Gasteiger partial charge is 0.149 e. The minimum atomic E-state index is 0.516. The fourth-order valence-corrected chi connectivity index (χ4v) is 2.74. The molecular weight excluding hydrogens is 210 g/mol. The van der Waals surface area contributed by atoms with Crippen molar-refractivity contribution in [2.75, 3.05) is 11.1 Å². The lowest BCUT2D eigenvalue weighted by molar-refractivity contribution is 0.276. The van der Waals surface area contributed by atoms with Gasteiger partial charge in [0.1, 0.15) is 5.82 Å². The fraction of sp³-hybridized carbons (Fsp3) is 0.643. The van der Waals surface area contributed by atoms with Gasteiger partial charge in [0.05, 0.1) is 5.69 Å². The van der Waals surface area contributed by atoms with Gasteiger partial charge in [-0.3, -0.25) is 0 Å². The van der Waals surface area contributed by atoms with Gasteiger partial charge >= 0.3 is 0 Å². The first-order valence-corrected chi connectivity index (χ1v) is 6.56. The van der Waals surface area contributed by atoms with E-state index in [1.165, 1.54) is 19.3 Å². The molecule has 17 heavy (non-hydrogen) atoms. The molecule has 0 radical (unpaired) electrons. The predicted octanol–water partition coefficient (Wildman–Crippen LogP) is 3.21. The Morgan fingerprint density at radius 3 is 2.76 bits per heavy atom. The molecule has 3 N–H and O–H groups in total. The lowest BCUT2D eigenvalue weighted by atomic mass is 9.80. The molecule has 3 atom stereocenters. The Bertz CT molecular complexity index is 389. The number of aromatic nitrogens is 1. The van der Waals surface area contributed by atoms with Crippen LogP contribution in [0.3, 0.4) is 0 Å². The van der Waals surface area contributed by atoms with Crippen LogP contribution in [-0.2, 0) is 0 Å². The van der Waals surface area contributed by atoms with Crippen molar-refractivity contribution in [3.05, 3.63) is 17.8 Å². The Labute approximate surface area is 104 Å². The summed E-state index contributed by atoms with van der Waals surface area (Å²) in [5.74, 6) is 2.41. The van der Waals surface area contributed by atoms with Crippen LogP contribution in [0, 0.1) is 18.8 Å². The number of aryl methyl sites for hydroxylation is 1. The fourth-order valence-electron chi connectivity index (χ4n) is 2.74. The Morgan fingerprint density at radius 1 is 1.29 bits per heavy atom. The molecule has 0 bridgehead atoms. The van der Waals surface area contributed by atoms with Crippen molar-refractivity contribution in [1.29, 1.82) is 0 Å². The molecule has 0 amide bonds. The number of hydrogen-bond donors (Lipinski definition) is 2. The number of nitrogens with one attached hydrogen (secondary N) is 1. The number of pyridine rings is 1. The van der Waals surface area contributed by atoms with Crippen molar-refractivity contribution in [1.82, 2.24) is 4.98 Å². The summed E-state index contributed by atoms with van der Waals surface area (Å²) in [6.45, 7) is 6.66. The first-order chi connectivity index (χ1) is 8.06. The molecule has 1 heterocycles. The van der Waals surface area contributed by atoms with Crippen LogP contribution in [0.4, 0.5) is 11.5 Å². The zero-order valence-electron chi connectivity index (χ0n) is 11.0. The third-order valence-electron chi connectivity index (χ3n) is 3.82. The summed E-state index contributed by atoms with van der Waals surface area (Å²) in [5.41, 5.74) is 7.72. The Kier molecular flexibility index (Phi) is 3.55. The highest BCUT2D eigenvalue weighted by atomic mass is 15.0. The molecule has 0 aliphatic heterocycles. The van der Waals surface area contributed by atoms with E-state index in [1.54, 1.807) is 0 Å². The van der Waals surface area contributed by atoms with Gasteiger partial charge in [0.25, 0.3) is 0 Å². The summed E-state index contributed by atoms with van der Waals surface area (Å²) in [6.07, 6.45) is 3.81. The lowest BCUT2D eigenvalue weighted by Crippen LogP contribution is -2.33. The van der Waals surface area contributed by atoms with Gasteiger partial charge in [-0.2, -0.15) is 0 Å². The predicted molar refractivity (Wildman–Crippen MR) is 73.0 cm³/mol. The van der Waals surface area contributed by atoms with Crippen molar-refractivity contribution >= 4 is 11.5 Å². The highest BCUT2D eigenvalue weighted by molar-refractivity contribution is 5.61. The Balaban J connectivity index is 2.07. The molecule has 1 aliphatic rings. The maximum atomic E-state index is 5.95. The van der Waals surface area contributed by atoms with Gasteiger partial charge in [-0.15, -0.1) is 0 Å². The van der Waals surface area contributed by atoms with Gasteiger partial charge in [-0.1, -0.05) is 13.8 Å². The van der Waals surface area contributed by atoms with E-state index < -0.39 is 0 Å². The summed E-state index contributed by atoms with van der Waals surface area (Å²) >= 11 is 0. The maximum Gasteiger partial charge on any atom is 0.149 e. The average molecular weight is 233 g/mol. The standard InChI is InChI=1S/C14H23N3/c1-9-4-7-13(10(2)8-9)17-14-12(15)6-5-11(3)16-14/h5-6,9-10,13H,4,7-8,15H2,1-3H3,(H,16,17). The molecule has 1 aromatic heterocycles. The Morgan fingerprint density at radius 2 is 2.06 bits per heavy atom. The number of anilines is 2. The summed E-state index contributed by atoms with van der Waals surface area (Å²) in [6, 6.07) is 4.40. The molecule has 1 fully saturated rings. The summed E-state index contributed by atoms with van der Waals surface area (Å²) in [7, 11) is 0. The van der Waals surface area contributed by atoms with Gasteiger partial charge < -0.3 is 11.1 Å². The highest BCUT2D eigenvalue weighted by Crippen LogP contribution is 2.31. The third kappa shape index (κ3) is 2.90. The Hall–Kier alpha value is -1.25. The minimum Gasteiger partial charge on any atom is -0.396 e. The SMILES string of the molecule is Cc1ccc(N)c(NC2CCC(C)CC2C)n1. The molecule has 3 unspecified atom stereocenters. The average Bonchev–Trinajstić information content (AvgIpc) is 2.27. The van der Waals surface area contributed by atoms with Gasteiger partial charge in [-0.25, -0.2) is 4.98 Å². The molecule has 3 heteroatoms. The summed E-state index contributed by atoms with van der Waals surface area (Å²) in [4.78, 5) is 4.48. The number of rotatable bonds is 2. The molecule has 1 aromatic rings. The second kappa shape index (κ2) is 4.94. The molecule has 1 saturated carbocycles. The molecule has 94 valence electrons. The van der Waals surface area contributed by atoms with E-state index in [1.807, 2.05) is 19.1 Å². The molecule has 0 aromatic carbocycles. The van der Waals surface area contributed by atoms with Gasteiger partial charge in [-0.05, 0) is 50.2 Å². The molecule has 0 spiro atoms. The van der Waals surface area contributed by atoms with Gasteiger partial charge in [0.2, 0.25) is 0 Å². The molecule has 0 saturated heterocycles. The number of nitrogens with two attached hydrogens (primary N) is 1. The van der Waals surface area contributed by atoms with E-state index in [0.717, 1.165) is 23.1 Å². The minimum absolute atomic E-state index is 0.516. The zero-order chi connectivity index (χ0) is 12.4. The van der Waals surface area contributed by atoms with Crippen molar-refractivity contribution in [2.45, 2.75) is 46.1 Å². The molecule has 1 aliphatic carbocycles. The molecule has 2 rings (SSSR count). The van der Waals surface area contributed by atoms with Crippen molar-refractivity contribution < 1.29 is 0 Å².